The van der Waals surface area contributed by atoms with E-state index in [-0.39, 0.29) is 11.1 Å². The highest BCUT2D eigenvalue weighted by Crippen LogP contribution is 2.25. The normalized spacial score (nSPS) is 10.7. The molecule has 0 N–H and O–H groups in total. The van der Waals surface area contributed by atoms with Crippen molar-refractivity contribution in [2.75, 3.05) is 0 Å². The van der Waals surface area contributed by atoms with Gasteiger partial charge in [-0.15, -0.1) is 0 Å². The predicted octanol–water partition coefficient (Wildman–Crippen LogP) is 4.43. The molecule has 0 spiro atoms. The molecule has 2 rings (SSSR count). The van der Waals surface area contributed by atoms with Crippen molar-refractivity contribution >= 4 is 5.78 Å². The zero-order valence-corrected chi connectivity index (χ0v) is 12.0. The lowest BCUT2D eigenvalue weighted by atomic mass is 9.91. The van der Waals surface area contributed by atoms with Gasteiger partial charge in [-0.05, 0) is 62.1 Å². The zero-order valence-electron chi connectivity index (χ0n) is 12.0. The third kappa shape index (κ3) is 2.24. The summed E-state index contributed by atoms with van der Waals surface area (Å²) in [4.78, 5) is 12.6. The highest BCUT2D eigenvalue weighted by molar-refractivity contribution is 6.11. The standard InChI is InChI=1S/C17H16F2O/c1-9-5-7-13(18)15(11(9)3)17(20)16-12(4)10(2)6-8-14(16)19/h5-8H,1-4H3. The minimum atomic E-state index is -0.613. The van der Waals surface area contributed by atoms with Crippen LogP contribution in [-0.4, -0.2) is 5.78 Å². The molecule has 0 bridgehead atoms. The molecule has 0 fully saturated rings. The first-order valence-electron chi connectivity index (χ1n) is 6.40. The van der Waals surface area contributed by atoms with Gasteiger partial charge in [-0.2, -0.15) is 0 Å². The summed E-state index contributed by atoms with van der Waals surface area (Å²) in [5.41, 5.74) is 2.63. The molecular weight excluding hydrogens is 258 g/mol. The van der Waals surface area contributed by atoms with Gasteiger partial charge in [0, 0.05) is 0 Å². The Hall–Kier alpha value is -2.03. The number of hydrogen-bond acceptors (Lipinski definition) is 1. The van der Waals surface area contributed by atoms with Crippen molar-refractivity contribution in [3.05, 3.63) is 69.3 Å². The van der Waals surface area contributed by atoms with E-state index in [0.717, 1.165) is 11.1 Å². The van der Waals surface area contributed by atoms with Gasteiger partial charge in [-0.3, -0.25) is 4.79 Å². The highest BCUT2D eigenvalue weighted by Gasteiger charge is 2.23. The number of carbonyl (C=O) groups excluding carboxylic acids is 1. The lowest BCUT2D eigenvalue weighted by molar-refractivity contribution is 0.103. The Kier molecular flexibility index (Phi) is 3.71. The molecule has 2 aromatic carbocycles. The number of ketones is 1. The van der Waals surface area contributed by atoms with Gasteiger partial charge in [0.2, 0.25) is 0 Å². The third-order valence-electron chi connectivity index (χ3n) is 3.82. The molecule has 0 unspecified atom stereocenters. The average molecular weight is 274 g/mol. The van der Waals surface area contributed by atoms with E-state index in [0.29, 0.717) is 11.1 Å². The van der Waals surface area contributed by atoms with Gasteiger partial charge in [-0.25, -0.2) is 8.78 Å². The molecule has 0 heterocycles. The SMILES string of the molecule is Cc1ccc(F)c(C(=O)c2c(F)ccc(C)c2C)c1C. The van der Waals surface area contributed by atoms with Crippen molar-refractivity contribution in [1.82, 2.24) is 0 Å². The van der Waals surface area contributed by atoms with Gasteiger partial charge in [-0.1, -0.05) is 12.1 Å². The molecule has 0 amide bonds. The van der Waals surface area contributed by atoms with Crippen LogP contribution >= 0.6 is 0 Å². The summed E-state index contributed by atoms with van der Waals surface area (Å²) in [5.74, 6) is -1.82. The molecule has 20 heavy (non-hydrogen) atoms. The summed E-state index contributed by atoms with van der Waals surface area (Å²) in [6.45, 7) is 6.94. The molecule has 104 valence electrons. The molecule has 0 aliphatic rings. The van der Waals surface area contributed by atoms with Gasteiger partial charge >= 0.3 is 0 Å². The number of halogens is 2. The van der Waals surface area contributed by atoms with Gasteiger partial charge in [0.15, 0.2) is 5.78 Å². The van der Waals surface area contributed by atoms with Crippen LogP contribution in [0, 0.1) is 39.3 Å². The first kappa shape index (κ1) is 14.4. The summed E-state index contributed by atoms with van der Waals surface area (Å²) in [5, 5.41) is 0. The molecule has 0 aliphatic carbocycles. The highest BCUT2D eigenvalue weighted by atomic mass is 19.1. The van der Waals surface area contributed by atoms with Crippen molar-refractivity contribution in [2.24, 2.45) is 0 Å². The topological polar surface area (TPSA) is 17.1 Å². The van der Waals surface area contributed by atoms with Crippen LogP contribution in [0.1, 0.15) is 38.2 Å². The second-order valence-electron chi connectivity index (χ2n) is 5.06. The van der Waals surface area contributed by atoms with Gasteiger partial charge in [0.1, 0.15) is 11.6 Å². The van der Waals surface area contributed by atoms with Crippen molar-refractivity contribution in [1.29, 1.82) is 0 Å². The number of hydrogen-bond donors (Lipinski definition) is 0. The van der Waals surface area contributed by atoms with Crippen LogP contribution in [0.15, 0.2) is 24.3 Å². The Labute approximate surface area is 117 Å². The second-order valence-corrected chi connectivity index (χ2v) is 5.06. The first-order chi connectivity index (χ1) is 9.34. The molecule has 0 atom stereocenters. The molecule has 1 nitrogen and oxygen atoms in total. The van der Waals surface area contributed by atoms with E-state index in [4.69, 9.17) is 0 Å². The van der Waals surface area contributed by atoms with Crippen LogP contribution in [0.2, 0.25) is 0 Å². The molecule has 0 aromatic heterocycles. The monoisotopic (exact) mass is 274 g/mol. The molecular formula is C17H16F2O. The average Bonchev–Trinajstić information content (AvgIpc) is 2.39. The van der Waals surface area contributed by atoms with Crippen LogP contribution < -0.4 is 0 Å². The third-order valence-corrected chi connectivity index (χ3v) is 3.82. The summed E-state index contributed by atoms with van der Waals surface area (Å²) < 4.78 is 28.0. The maximum absolute atomic E-state index is 14.0. The molecule has 0 saturated carbocycles. The van der Waals surface area contributed by atoms with E-state index >= 15 is 0 Å². The Morgan fingerprint density at radius 3 is 1.45 bits per heavy atom. The van der Waals surface area contributed by atoms with Crippen molar-refractivity contribution in [3.63, 3.8) is 0 Å². The summed E-state index contributed by atoms with van der Waals surface area (Å²) >= 11 is 0. The Bertz CT molecular complexity index is 643. The molecule has 0 saturated heterocycles. The van der Waals surface area contributed by atoms with E-state index in [9.17, 15) is 13.6 Å². The molecule has 0 aliphatic heterocycles. The van der Waals surface area contributed by atoms with Crippen molar-refractivity contribution < 1.29 is 13.6 Å². The summed E-state index contributed by atoms with van der Waals surface area (Å²) in [7, 11) is 0. The number of carbonyl (C=O) groups is 1. The number of aryl methyl sites for hydroxylation is 2. The van der Waals surface area contributed by atoms with Gasteiger partial charge in [0.05, 0.1) is 11.1 Å². The largest absolute Gasteiger partial charge is 0.288 e. The Morgan fingerprint density at radius 1 is 0.750 bits per heavy atom. The fourth-order valence-corrected chi connectivity index (χ4v) is 2.25. The quantitative estimate of drug-likeness (QED) is 0.740. The van der Waals surface area contributed by atoms with E-state index in [2.05, 4.69) is 0 Å². The smallest absolute Gasteiger partial charge is 0.199 e. The first-order valence-corrected chi connectivity index (χ1v) is 6.40. The second kappa shape index (κ2) is 5.16. The Balaban J connectivity index is 2.71. The fourth-order valence-electron chi connectivity index (χ4n) is 2.25. The number of rotatable bonds is 2. The van der Waals surface area contributed by atoms with Crippen LogP contribution in [-0.2, 0) is 0 Å². The van der Waals surface area contributed by atoms with E-state index < -0.39 is 17.4 Å². The molecule has 2 aromatic rings. The van der Waals surface area contributed by atoms with E-state index in [1.165, 1.54) is 12.1 Å². The van der Waals surface area contributed by atoms with Gasteiger partial charge < -0.3 is 0 Å². The number of benzene rings is 2. The van der Waals surface area contributed by atoms with E-state index in [1.807, 2.05) is 0 Å². The predicted molar refractivity (Wildman–Crippen MR) is 75.2 cm³/mol. The fraction of sp³-hybridized carbons (Fsp3) is 0.235. The van der Waals surface area contributed by atoms with Crippen LogP contribution in [0.25, 0.3) is 0 Å². The van der Waals surface area contributed by atoms with Crippen molar-refractivity contribution in [3.8, 4) is 0 Å². The molecule has 0 radical (unpaired) electrons. The maximum Gasteiger partial charge on any atom is 0.199 e. The van der Waals surface area contributed by atoms with E-state index in [1.54, 1.807) is 39.8 Å². The summed E-state index contributed by atoms with van der Waals surface area (Å²) in [6.07, 6.45) is 0. The maximum atomic E-state index is 14.0. The van der Waals surface area contributed by atoms with Crippen LogP contribution in [0.3, 0.4) is 0 Å². The lowest BCUT2D eigenvalue weighted by Crippen LogP contribution is -2.12. The zero-order chi connectivity index (χ0) is 15.0. The minimum Gasteiger partial charge on any atom is -0.288 e. The minimum absolute atomic E-state index is 0.0439. The van der Waals surface area contributed by atoms with Crippen LogP contribution in [0.5, 0.6) is 0 Å². The van der Waals surface area contributed by atoms with Crippen molar-refractivity contribution in [2.45, 2.75) is 27.7 Å². The lowest BCUT2D eigenvalue weighted by Gasteiger charge is -2.13. The summed E-state index contributed by atoms with van der Waals surface area (Å²) in [6, 6.07) is 5.72. The Morgan fingerprint density at radius 2 is 1.10 bits per heavy atom. The van der Waals surface area contributed by atoms with Gasteiger partial charge in [0.25, 0.3) is 0 Å². The van der Waals surface area contributed by atoms with Crippen LogP contribution in [0.4, 0.5) is 8.78 Å². The molecule has 3 heteroatoms.